The van der Waals surface area contributed by atoms with Crippen molar-refractivity contribution in [1.29, 1.82) is 0 Å². The quantitative estimate of drug-likeness (QED) is 0.617. The van der Waals surface area contributed by atoms with Crippen LogP contribution in [0, 0.1) is 4.77 Å². The summed E-state index contributed by atoms with van der Waals surface area (Å²) in [5.74, 6) is -0.637. The van der Waals surface area contributed by atoms with Gasteiger partial charge in [0.1, 0.15) is 6.04 Å². The van der Waals surface area contributed by atoms with E-state index in [4.69, 9.17) is 12.2 Å². The van der Waals surface area contributed by atoms with E-state index in [1.165, 1.54) is 18.2 Å². The third kappa shape index (κ3) is 4.04. The normalized spacial score (nSPS) is 11.9. The van der Waals surface area contributed by atoms with Gasteiger partial charge in [-0.1, -0.05) is 6.92 Å². The van der Waals surface area contributed by atoms with Crippen molar-refractivity contribution in [3.8, 4) is 0 Å². The second-order valence-electron chi connectivity index (χ2n) is 5.15. The maximum Gasteiger partial charge on any atom is 0.259 e. The monoisotopic (exact) mass is 334 g/mol. The van der Waals surface area contributed by atoms with Crippen LogP contribution in [0.3, 0.4) is 0 Å². The summed E-state index contributed by atoms with van der Waals surface area (Å²) in [6.45, 7) is 4.13. The summed E-state index contributed by atoms with van der Waals surface area (Å²) in [5.41, 5.74) is 0.487. The Bertz CT molecular complexity index is 856. The van der Waals surface area contributed by atoms with Crippen molar-refractivity contribution < 1.29 is 9.59 Å². The summed E-state index contributed by atoms with van der Waals surface area (Å²) < 4.78 is 0.187. The van der Waals surface area contributed by atoms with Gasteiger partial charge in [0.15, 0.2) is 4.77 Å². The van der Waals surface area contributed by atoms with E-state index in [1.54, 1.807) is 6.92 Å². The Morgan fingerprint density at radius 3 is 2.74 bits per heavy atom. The summed E-state index contributed by atoms with van der Waals surface area (Å²) in [5, 5.41) is 5.74. The number of rotatable bonds is 5. The van der Waals surface area contributed by atoms with Gasteiger partial charge in [-0.15, -0.1) is 0 Å². The van der Waals surface area contributed by atoms with Gasteiger partial charge in [-0.2, -0.15) is 0 Å². The molecule has 0 saturated carbocycles. The van der Waals surface area contributed by atoms with Crippen LogP contribution in [0.2, 0.25) is 0 Å². The number of fused-ring (bicyclic) bond motifs is 1. The molecule has 7 nitrogen and oxygen atoms in total. The number of aromatic nitrogens is 2. The van der Waals surface area contributed by atoms with Crippen molar-refractivity contribution in [2.75, 3.05) is 6.54 Å². The number of hydrogen-bond donors (Lipinski definition) is 4. The summed E-state index contributed by atoms with van der Waals surface area (Å²) in [6, 6.07) is 3.95. The predicted molar refractivity (Wildman–Crippen MR) is 90.0 cm³/mol. The number of carbonyl (C=O) groups excluding carboxylic acids is 2. The molecule has 0 spiro atoms. The number of carbonyl (C=O) groups is 2. The fourth-order valence-electron chi connectivity index (χ4n) is 2.06. The zero-order chi connectivity index (χ0) is 17.0. The van der Waals surface area contributed by atoms with Crippen LogP contribution in [-0.4, -0.2) is 34.4 Å². The van der Waals surface area contributed by atoms with Crippen LogP contribution >= 0.6 is 12.2 Å². The molecule has 1 aromatic heterocycles. The standard InChI is InChI=1S/C15H18N4O3S/c1-3-6-16-12(20)8(2)17-13(21)9-4-5-10-11(7-9)18-15(23)19-14(10)22/h4-5,7-8H,3,6H2,1-2H3,(H,16,20)(H,17,21)(H2,18,19,22,23)/t8-/m1/s1. The van der Waals surface area contributed by atoms with Crippen molar-refractivity contribution in [2.24, 2.45) is 0 Å². The summed E-state index contributed by atoms with van der Waals surface area (Å²) in [7, 11) is 0. The van der Waals surface area contributed by atoms with Crippen molar-refractivity contribution in [3.05, 3.63) is 38.9 Å². The minimum Gasteiger partial charge on any atom is -0.354 e. The summed E-state index contributed by atoms with van der Waals surface area (Å²) in [4.78, 5) is 41.1. The summed E-state index contributed by atoms with van der Waals surface area (Å²) >= 11 is 4.92. The lowest BCUT2D eigenvalue weighted by molar-refractivity contribution is -0.122. The molecule has 2 rings (SSSR count). The van der Waals surface area contributed by atoms with E-state index < -0.39 is 11.9 Å². The Morgan fingerprint density at radius 1 is 1.30 bits per heavy atom. The van der Waals surface area contributed by atoms with E-state index in [0.29, 0.717) is 23.0 Å². The lowest BCUT2D eigenvalue weighted by Gasteiger charge is -2.14. The first kappa shape index (κ1) is 16.9. The molecule has 23 heavy (non-hydrogen) atoms. The van der Waals surface area contributed by atoms with Crippen molar-refractivity contribution in [2.45, 2.75) is 26.3 Å². The predicted octanol–water partition coefficient (Wildman–Crippen LogP) is 1.23. The highest BCUT2D eigenvalue weighted by atomic mass is 32.1. The minimum atomic E-state index is -0.651. The molecule has 1 atom stereocenters. The van der Waals surface area contributed by atoms with E-state index >= 15 is 0 Å². The first-order valence-electron chi connectivity index (χ1n) is 7.27. The Kier molecular flexibility index (Phi) is 5.28. The van der Waals surface area contributed by atoms with Gasteiger partial charge in [-0.3, -0.25) is 19.4 Å². The molecule has 1 heterocycles. The molecule has 0 saturated heterocycles. The third-order valence-electron chi connectivity index (χ3n) is 3.29. The largest absolute Gasteiger partial charge is 0.354 e. The van der Waals surface area contributed by atoms with Gasteiger partial charge in [-0.25, -0.2) is 0 Å². The maximum atomic E-state index is 12.2. The van der Waals surface area contributed by atoms with Crippen LogP contribution in [-0.2, 0) is 4.79 Å². The minimum absolute atomic E-state index is 0.187. The van der Waals surface area contributed by atoms with Gasteiger partial charge in [0.05, 0.1) is 10.9 Å². The van der Waals surface area contributed by atoms with E-state index in [-0.39, 0.29) is 16.2 Å². The van der Waals surface area contributed by atoms with Crippen molar-refractivity contribution in [3.63, 3.8) is 0 Å². The molecule has 0 aliphatic carbocycles. The van der Waals surface area contributed by atoms with E-state index in [1.807, 2.05) is 6.92 Å². The molecule has 2 amide bonds. The molecule has 2 aromatic rings. The van der Waals surface area contributed by atoms with Gasteiger partial charge in [0.2, 0.25) is 5.91 Å². The van der Waals surface area contributed by atoms with E-state index in [9.17, 15) is 14.4 Å². The maximum absolute atomic E-state index is 12.2. The van der Waals surface area contributed by atoms with E-state index in [2.05, 4.69) is 20.6 Å². The fourth-order valence-corrected chi connectivity index (χ4v) is 2.26. The Labute approximate surface area is 137 Å². The summed E-state index contributed by atoms with van der Waals surface area (Å²) in [6.07, 6.45) is 0.824. The molecule has 0 aliphatic rings. The van der Waals surface area contributed by atoms with Gasteiger partial charge < -0.3 is 15.6 Å². The van der Waals surface area contributed by atoms with Gasteiger partial charge in [0, 0.05) is 12.1 Å². The number of amides is 2. The average molecular weight is 334 g/mol. The van der Waals surface area contributed by atoms with E-state index in [0.717, 1.165) is 6.42 Å². The molecule has 4 N–H and O–H groups in total. The van der Waals surface area contributed by atoms with Crippen molar-refractivity contribution >= 4 is 34.9 Å². The molecule has 0 bridgehead atoms. The molecule has 0 unspecified atom stereocenters. The smallest absolute Gasteiger partial charge is 0.259 e. The van der Waals surface area contributed by atoms with Crippen LogP contribution in [0.5, 0.6) is 0 Å². The molecule has 8 heteroatoms. The van der Waals surface area contributed by atoms with Crippen LogP contribution in [0.25, 0.3) is 10.9 Å². The Hall–Kier alpha value is -2.48. The number of benzene rings is 1. The lowest BCUT2D eigenvalue weighted by Crippen LogP contribution is -2.45. The second-order valence-corrected chi connectivity index (χ2v) is 5.56. The highest BCUT2D eigenvalue weighted by molar-refractivity contribution is 7.71. The van der Waals surface area contributed by atoms with Gasteiger partial charge in [0.25, 0.3) is 11.5 Å². The van der Waals surface area contributed by atoms with Crippen LogP contribution in [0.15, 0.2) is 23.0 Å². The zero-order valence-corrected chi connectivity index (χ0v) is 13.7. The molecule has 0 aliphatic heterocycles. The number of aromatic amines is 2. The van der Waals surface area contributed by atoms with Crippen molar-refractivity contribution in [1.82, 2.24) is 20.6 Å². The molecular weight excluding hydrogens is 316 g/mol. The molecule has 0 radical (unpaired) electrons. The van der Waals surface area contributed by atoms with Gasteiger partial charge >= 0.3 is 0 Å². The molecule has 1 aromatic carbocycles. The van der Waals surface area contributed by atoms with Crippen LogP contribution in [0.1, 0.15) is 30.6 Å². The topological polar surface area (TPSA) is 107 Å². The molecule has 122 valence electrons. The Morgan fingerprint density at radius 2 is 2.04 bits per heavy atom. The SMILES string of the molecule is CCCNC(=O)[C@@H](C)NC(=O)c1ccc2c(=O)[nH]c(=S)[nH]c2c1. The molecule has 0 fully saturated rings. The highest BCUT2D eigenvalue weighted by Crippen LogP contribution is 2.10. The first-order valence-corrected chi connectivity index (χ1v) is 7.68. The number of H-pyrrole nitrogens is 2. The molecular formula is C15H18N4O3S. The average Bonchev–Trinajstić information content (AvgIpc) is 2.51. The number of hydrogen-bond acceptors (Lipinski definition) is 4. The highest BCUT2D eigenvalue weighted by Gasteiger charge is 2.16. The fraction of sp³-hybridized carbons (Fsp3) is 0.333. The third-order valence-corrected chi connectivity index (χ3v) is 3.50. The Balaban J connectivity index is 2.20. The van der Waals surface area contributed by atoms with Gasteiger partial charge in [-0.05, 0) is 43.8 Å². The zero-order valence-electron chi connectivity index (χ0n) is 12.9. The van der Waals surface area contributed by atoms with Crippen LogP contribution < -0.4 is 16.2 Å². The first-order chi connectivity index (χ1) is 10.9. The number of nitrogens with one attached hydrogen (secondary N) is 4. The van der Waals surface area contributed by atoms with Crippen LogP contribution in [0.4, 0.5) is 0 Å². The lowest BCUT2D eigenvalue weighted by atomic mass is 10.1. The second kappa shape index (κ2) is 7.19.